The van der Waals surface area contributed by atoms with E-state index in [1.165, 1.54) is 45.3 Å². The van der Waals surface area contributed by atoms with E-state index in [0.717, 1.165) is 30.0 Å². The van der Waals surface area contributed by atoms with Gasteiger partial charge in [-0.2, -0.15) is 0 Å². The van der Waals surface area contributed by atoms with Crippen molar-refractivity contribution in [1.29, 1.82) is 0 Å². The average Bonchev–Trinajstić information content (AvgIpc) is 3.11. The molecule has 1 atom stereocenters. The zero-order valence-electron chi connectivity index (χ0n) is 11.2. The predicted molar refractivity (Wildman–Crippen MR) is 70.3 cm³/mol. The fourth-order valence-electron chi connectivity index (χ4n) is 2.80. The Morgan fingerprint density at radius 1 is 1.44 bits per heavy atom. The van der Waals surface area contributed by atoms with Gasteiger partial charge < -0.3 is 9.84 Å². The van der Waals surface area contributed by atoms with Crippen molar-refractivity contribution in [3.63, 3.8) is 0 Å². The molecule has 0 spiro atoms. The number of aryl methyl sites for hydroxylation is 1. The van der Waals surface area contributed by atoms with Gasteiger partial charge in [-0.05, 0) is 51.6 Å². The summed E-state index contributed by atoms with van der Waals surface area (Å²) in [6.45, 7) is 6.49. The van der Waals surface area contributed by atoms with Gasteiger partial charge in [0.1, 0.15) is 5.76 Å². The standard InChI is InChI=1S/C14H23N3O/c1-11-7-14(16-18-11)10-17-6-2-3-12(9-17)8-15-13-4-5-13/h7,12-13,15H,2-6,8-10H2,1H3. The summed E-state index contributed by atoms with van der Waals surface area (Å²) in [6.07, 6.45) is 5.45. The van der Waals surface area contributed by atoms with Gasteiger partial charge in [-0.1, -0.05) is 5.16 Å². The Balaban J connectivity index is 1.46. The van der Waals surface area contributed by atoms with Gasteiger partial charge in [-0.25, -0.2) is 0 Å². The average molecular weight is 249 g/mol. The van der Waals surface area contributed by atoms with Crippen molar-refractivity contribution in [1.82, 2.24) is 15.4 Å². The fraction of sp³-hybridized carbons (Fsp3) is 0.786. The van der Waals surface area contributed by atoms with Crippen LogP contribution in [0.1, 0.15) is 37.1 Å². The highest BCUT2D eigenvalue weighted by molar-refractivity contribution is 5.03. The molecule has 0 radical (unpaired) electrons. The maximum atomic E-state index is 5.13. The van der Waals surface area contributed by atoms with Crippen molar-refractivity contribution in [3.05, 3.63) is 17.5 Å². The number of likely N-dealkylation sites (tertiary alicyclic amines) is 1. The number of hydrogen-bond acceptors (Lipinski definition) is 4. The molecule has 2 aliphatic rings. The van der Waals surface area contributed by atoms with Crippen molar-refractivity contribution in [2.45, 2.75) is 45.2 Å². The molecule has 100 valence electrons. The molecule has 18 heavy (non-hydrogen) atoms. The molecule has 3 rings (SSSR count). The Kier molecular flexibility index (Phi) is 3.66. The van der Waals surface area contributed by atoms with E-state index in [-0.39, 0.29) is 0 Å². The smallest absolute Gasteiger partial charge is 0.133 e. The number of piperidine rings is 1. The van der Waals surface area contributed by atoms with Gasteiger partial charge >= 0.3 is 0 Å². The van der Waals surface area contributed by atoms with E-state index in [2.05, 4.69) is 15.4 Å². The molecule has 1 aromatic heterocycles. The van der Waals surface area contributed by atoms with Gasteiger partial charge in [0.25, 0.3) is 0 Å². The van der Waals surface area contributed by atoms with Crippen LogP contribution < -0.4 is 5.32 Å². The molecule has 4 nitrogen and oxygen atoms in total. The van der Waals surface area contributed by atoms with Crippen molar-refractivity contribution in [3.8, 4) is 0 Å². The van der Waals surface area contributed by atoms with Crippen LogP contribution in [0.15, 0.2) is 10.6 Å². The van der Waals surface area contributed by atoms with E-state index in [0.29, 0.717) is 0 Å². The van der Waals surface area contributed by atoms with Crippen molar-refractivity contribution in [2.24, 2.45) is 5.92 Å². The summed E-state index contributed by atoms with van der Waals surface area (Å²) in [4.78, 5) is 2.51. The van der Waals surface area contributed by atoms with Gasteiger partial charge in [0, 0.05) is 25.2 Å². The lowest BCUT2D eigenvalue weighted by Gasteiger charge is -2.32. The van der Waals surface area contributed by atoms with Gasteiger partial charge in [0.2, 0.25) is 0 Å². The second-order valence-corrected chi connectivity index (χ2v) is 5.85. The lowest BCUT2D eigenvalue weighted by Crippen LogP contribution is -2.39. The third-order valence-corrected chi connectivity index (χ3v) is 3.94. The molecule has 1 saturated heterocycles. The zero-order valence-corrected chi connectivity index (χ0v) is 11.2. The highest BCUT2D eigenvalue weighted by atomic mass is 16.5. The van der Waals surface area contributed by atoms with Crippen LogP contribution in [0.5, 0.6) is 0 Å². The fourth-order valence-corrected chi connectivity index (χ4v) is 2.80. The lowest BCUT2D eigenvalue weighted by molar-refractivity contribution is 0.161. The molecular weight excluding hydrogens is 226 g/mol. The first-order valence-corrected chi connectivity index (χ1v) is 7.17. The Morgan fingerprint density at radius 2 is 2.33 bits per heavy atom. The minimum atomic E-state index is 0.812. The van der Waals surface area contributed by atoms with Crippen LogP contribution in [0, 0.1) is 12.8 Å². The molecule has 1 aromatic rings. The van der Waals surface area contributed by atoms with Gasteiger partial charge in [-0.3, -0.25) is 4.90 Å². The summed E-state index contributed by atoms with van der Waals surface area (Å²) in [6, 6.07) is 2.88. The van der Waals surface area contributed by atoms with Crippen molar-refractivity contribution >= 4 is 0 Å². The second-order valence-electron chi connectivity index (χ2n) is 5.85. The summed E-state index contributed by atoms with van der Waals surface area (Å²) in [5, 5.41) is 7.74. The Hall–Kier alpha value is -0.870. The molecule has 2 fully saturated rings. The van der Waals surface area contributed by atoms with Crippen LogP contribution in [-0.2, 0) is 6.54 Å². The van der Waals surface area contributed by atoms with Crippen molar-refractivity contribution < 1.29 is 4.52 Å². The van der Waals surface area contributed by atoms with E-state index in [1.807, 2.05) is 13.0 Å². The lowest BCUT2D eigenvalue weighted by atomic mass is 9.98. The molecule has 2 heterocycles. The minimum Gasteiger partial charge on any atom is -0.361 e. The molecule has 4 heteroatoms. The summed E-state index contributed by atoms with van der Waals surface area (Å²) in [5.41, 5.74) is 1.07. The topological polar surface area (TPSA) is 41.3 Å². The van der Waals surface area contributed by atoms with E-state index < -0.39 is 0 Å². The van der Waals surface area contributed by atoms with Crippen LogP contribution in [0.4, 0.5) is 0 Å². The molecule has 1 aliphatic carbocycles. The summed E-state index contributed by atoms with van der Waals surface area (Å²) in [5.74, 6) is 1.72. The van der Waals surface area contributed by atoms with Crippen LogP contribution in [0.25, 0.3) is 0 Å². The van der Waals surface area contributed by atoms with E-state index in [9.17, 15) is 0 Å². The quantitative estimate of drug-likeness (QED) is 0.866. The molecule has 0 bridgehead atoms. The number of aromatic nitrogens is 1. The molecule has 1 aliphatic heterocycles. The largest absolute Gasteiger partial charge is 0.361 e. The summed E-state index contributed by atoms with van der Waals surface area (Å²) in [7, 11) is 0. The SMILES string of the molecule is Cc1cc(CN2CCCC(CNC3CC3)C2)no1. The molecule has 1 saturated carbocycles. The third kappa shape index (κ3) is 3.33. The first-order chi connectivity index (χ1) is 8.79. The van der Waals surface area contributed by atoms with E-state index in [4.69, 9.17) is 4.52 Å². The molecule has 1 N–H and O–H groups in total. The van der Waals surface area contributed by atoms with Crippen molar-refractivity contribution in [2.75, 3.05) is 19.6 Å². The van der Waals surface area contributed by atoms with Crippen LogP contribution in [0.2, 0.25) is 0 Å². The minimum absolute atomic E-state index is 0.812. The zero-order chi connectivity index (χ0) is 12.4. The van der Waals surface area contributed by atoms with Crippen LogP contribution in [0.3, 0.4) is 0 Å². The number of nitrogens with zero attached hydrogens (tertiary/aromatic N) is 2. The number of rotatable bonds is 5. The maximum Gasteiger partial charge on any atom is 0.133 e. The predicted octanol–water partition coefficient (Wildman–Crippen LogP) is 1.95. The molecule has 0 amide bonds. The number of hydrogen-bond donors (Lipinski definition) is 1. The molecular formula is C14H23N3O. The molecule has 1 unspecified atom stereocenters. The van der Waals surface area contributed by atoms with Gasteiger partial charge in [0.15, 0.2) is 0 Å². The summed E-state index contributed by atoms with van der Waals surface area (Å²) >= 11 is 0. The Morgan fingerprint density at radius 3 is 3.06 bits per heavy atom. The van der Waals surface area contributed by atoms with Gasteiger partial charge in [-0.15, -0.1) is 0 Å². The normalized spacial score (nSPS) is 25.5. The monoisotopic (exact) mass is 249 g/mol. The van der Waals surface area contributed by atoms with Gasteiger partial charge in [0.05, 0.1) is 5.69 Å². The first kappa shape index (κ1) is 12.2. The second kappa shape index (κ2) is 5.41. The highest BCUT2D eigenvalue weighted by Gasteiger charge is 2.25. The first-order valence-electron chi connectivity index (χ1n) is 7.17. The maximum absolute atomic E-state index is 5.13. The van der Waals surface area contributed by atoms with Crippen LogP contribution in [-0.4, -0.2) is 35.7 Å². The van der Waals surface area contributed by atoms with Crippen LogP contribution >= 0.6 is 0 Å². The highest BCUT2D eigenvalue weighted by Crippen LogP contribution is 2.22. The van der Waals surface area contributed by atoms with E-state index in [1.54, 1.807) is 0 Å². The van der Waals surface area contributed by atoms with E-state index >= 15 is 0 Å². The Labute approximate surface area is 109 Å². The third-order valence-electron chi connectivity index (χ3n) is 3.94. The Bertz CT molecular complexity index is 386. The number of nitrogens with one attached hydrogen (secondary N) is 1. The molecule has 0 aromatic carbocycles. The summed E-state index contributed by atoms with van der Waals surface area (Å²) < 4.78 is 5.13.